The van der Waals surface area contributed by atoms with E-state index in [1.54, 1.807) is 0 Å². The Morgan fingerprint density at radius 2 is 2.00 bits per heavy atom. The zero-order valence-electron chi connectivity index (χ0n) is 8.89. The second-order valence-corrected chi connectivity index (χ2v) is 5.12. The van der Waals surface area contributed by atoms with Crippen molar-refractivity contribution in [1.29, 1.82) is 0 Å². The number of carbonyl (C=O) groups is 1. The Balaban J connectivity index is 3.81. The normalized spacial score (nSPS) is 11.8. The van der Waals surface area contributed by atoms with E-state index in [0.717, 1.165) is 6.42 Å². The SMILES string of the molecule is CC(C)CC(C)(C)COC(=O)CBr. The van der Waals surface area contributed by atoms with Gasteiger partial charge >= 0.3 is 5.97 Å². The second-order valence-electron chi connectivity index (χ2n) is 4.56. The average Bonchev–Trinajstić information content (AvgIpc) is 1.98. The molecule has 0 amide bonds. The summed E-state index contributed by atoms with van der Waals surface area (Å²) in [6.45, 7) is 9.10. The minimum Gasteiger partial charge on any atom is -0.464 e. The van der Waals surface area contributed by atoms with Crippen LogP contribution in [0.3, 0.4) is 0 Å². The van der Waals surface area contributed by atoms with Crippen LogP contribution in [0.15, 0.2) is 0 Å². The Hall–Kier alpha value is -0.0500. The number of alkyl halides is 1. The Bertz CT molecular complexity index is 164. The summed E-state index contributed by atoms with van der Waals surface area (Å²) in [7, 11) is 0. The molecule has 0 unspecified atom stereocenters. The number of hydrogen-bond acceptors (Lipinski definition) is 2. The standard InChI is InChI=1S/C10H19BrO2/c1-8(2)5-10(3,4)7-13-9(12)6-11/h8H,5-7H2,1-4H3. The van der Waals surface area contributed by atoms with Crippen molar-refractivity contribution in [3.05, 3.63) is 0 Å². The van der Waals surface area contributed by atoms with E-state index in [0.29, 0.717) is 12.5 Å². The maximum absolute atomic E-state index is 10.9. The van der Waals surface area contributed by atoms with Gasteiger partial charge in [0.1, 0.15) is 5.33 Å². The van der Waals surface area contributed by atoms with Crippen LogP contribution in [-0.2, 0) is 9.53 Å². The Morgan fingerprint density at radius 3 is 2.38 bits per heavy atom. The molecule has 0 bridgehead atoms. The number of hydrogen-bond donors (Lipinski definition) is 0. The molecule has 0 atom stereocenters. The van der Waals surface area contributed by atoms with Crippen LogP contribution in [0, 0.1) is 11.3 Å². The first kappa shape index (κ1) is 12.9. The molecule has 3 heteroatoms. The van der Waals surface area contributed by atoms with Gasteiger partial charge in [-0.2, -0.15) is 0 Å². The third-order valence-corrected chi connectivity index (χ3v) is 2.15. The van der Waals surface area contributed by atoms with Crippen LogP contribution in [0.4, 0.5) is 0 Å². The zero-order valence-corrected chi connectivity index (χ0v) is 10.5. The second kappa shape index (κ2) is 5.63. The number of ether oxygens (including phenoxy) is 1. The summed E-state index contributed by atoms with van der Waals surface area (Å²) < 4.78 is 5.07. The summed E-state index contributed by atoms with van der Waals surface area (Å²) in [6.07, 6.45) is 1.07. The molecule has 2 nitrogen and oxygen atoms in total. The first-order chi connectivity index (χ1) is 5.87. The summed E-state index contributed by atoms with van der Waals surface area (Å²) in [5, 5.41) is 0.282. The third kappa shape index (κ3) is 7.05. The predicted octanol–water partition coefficient (Wildman–Crippen LogP) is 3.00. The zero-order chi connectivity index (χ0) is 10.5. The molecule has 0 aromatic heterocycles. The quantitative estimate of drug-likeness (QED) is 0.554. The lowest BCUT2D eigenvalue weighted by molar-refractivity contribution is -0.143. The molecule has 0 aliphatic heterocycles. The van der Waals surface area contributed by atoms with Crippen molar-refractivity contribution < 1.29 is 9.53 Å². The van der Waals surface area contributed by atoms with Crippen LogP contribution in [0.1, 0.15) is 34.1 Å². The smallest absolute Gasteiger partial charge is 0.316 e. The summed E-state index contributed by atoms with van der Waals surface area (Å²) in [4.78, 5) is 10.9. The molecule has 0 rings (SSSR count). The lowest BCUT2D eigenvalue weighted by Gasteiger charge is -2.25. The molecule has 0 saturated carbocycles. The van der Waals surface area contributed by atoms with Gasteiger partial charge in [0, 0.05) is 0 Å². The van der Waals surface area contributed by atoms with Gasteiger partial charge in [0.2, 0.25) is 0 Å². The summed E-state index contributed by atoms with van der Waals surface area (Å²) in [5.41, 5.74) is 0.0893. The molecule has 0 aliphatic rings. The minimum absolute atomic E-state index is 0.0893. The lowest BCUT2D eigenvalue weighted by atomic mass is 9.85. The van der Waals surface area contributed by atoms with Gasteiger partial charge in [-0.05, 0) is 17.8 Å². The first-order valence-electron chi connectivity index (χ1n) is 4.59. The van der Waals surface area contributed by atoms with E-state index in [1.807, 2.05) is 0 Å². The van der Waals surface area contributed by atoms with E-state index in [1.165, 1.54) is 0 Å². The van der Waals surface area contributed by atoms with Crippen molar-refractivity contribution in [2.24, 2.45) is 11.3 Å². The van der Waals surface area contributed by atoms with Gasteiger partial charge in [0.05, 0.1) is 6.61 Å². The minimum atomic E-state index is -0.183. The maximum Gasteiger partial charge on any atom is 0.316 e. The van der Waals surface area contributed by atoms with Gasteiger partial charge in [-0.25, -0.2) is 0 Å². The predicted molar refractivity (Wildman–Crippen MR) is 58.0 cm³/mol. The molecule has 0 N–H and O–H groups in total. The van der Waals surface area contributed by atoms with Crippen LogP contribution in [-0.4, -0.2) is 17.9 Å². The van der Waals surface area contributed by atoms with Crippen LogP contribution >= 0.6 is 15.9 Å². The molecule has 0 fully saturated rings. The molecule has 0 spiro atoms. The number of carbonyl (C=O) groups excluding carboxylic acids is 1. The summed E-state index contributed by atoms with van der Waals surface area (Å²) in [6, 6.07) is 0. The van der Waals surface area contributed by atoms with Crippen LogP contribution in [0.2, 0.25) is 0 Å². The molecule has 0 radical (unpaired) electrons. The van der Waals surface area contributed by atoms with Crippen molar-refractivity contribution >= 4 is 21.9 Å². The van der Waals surface area contributed by atoms with Gasteiger partial charge in [0.15, 0.2) is 0 Å². The van der Waals surface area contributed by atoms with E-state index < -0.39 is 0 Å². The number of esters is 1. The van der Waals surface area contributed by atoms with Crippen molar-refractivity contribution in [2.45, 2.75) is 34.1 Å². The fourth-order valence-electron chi connectivity index (χ4n) is 1.48. The van der Waals surface area contributed by atoms with Crippen LogP contribution in [0.5, 0.6) is 0 Å². The number of halogens is 1. The van der Waals surface area contributed by atoms with E-state index in [2.05, 4.69) is 43.6 Å². The molecule has 78 valence electrons. The fraction of sp³-hybridized carbons (Fsp3) is 0.900. The third-order valence-electron chi connectivity index (χ3n) is 1.69. The van der Waals surface area contributed by atoms with Crippen molar-refractivity contribution in [3.8, 4) is 0 Å². The monoisotopic (exact) mass is 250 g/mol. The van der Waals surface area contributed by atoms with Crippen molar-refractivity contribution in [2.75, 3.05) is 11.9 Å². The molecule has 13 heavy (non-hydrogen) atoms. The van der Waals surface area contributed by atoms with E-state index in [4.69, 9.17) is 4.74 Å². The molecule has 0 aromatic carbocycles. The molecule has 0 heterocycles. The highest BCUT2D eigenvalue weighted by Gasteiger charge is 2.21. The maximum atomic E-state index is 10.9. The van der Waals surface area contributed by atoms with Crippen LogP contribution < -0.4 is 0 Å². The summed E-state index contributed by atoms with van der Waals surface area (Å²) in [5.74, 6) is 0.453. The number of rotatable bonds is 5. The van der Waals surface area contributed by atoms with Gasteiger partial charge < -0.3 is 4.74 Å². The Morgan fingerprint density at radius 1 is 1.46 bits per heavy atom. The van der Waals surface area contributed by atoms with Crippen LogP contribution in [0.25, 0.3) is 0 Å². The van der Waals surface area contributed by atoms with Gasteiger partial charge in [-0.3, -0.25) is 4.79 Å². The van der Waals surface area contributed by atoms with Gasteiger partial charge in [-0.15, -0.1) is 0 Å². The largest absolute Gasteiger partial charge is 0.464 e. The Kier molecular flexibility index (Phi) is 5.61. The Labute approximate surface area is 89.2 Å². The topological polar surface area (TPSA) is 26.3 Å². The molecular weight excluding hydrogens is 232 g/mol. The van der Waals surface area contributed by atoms with Crippen molar-refractivity contribution in [1.82, 2.24) is 0 Å². The molecule has 0 saturated heterocycles. The first-order valence-corrected chi connectivity index (χ1v) is 5.71. The average molecular weight is 251 g/mol. The lowest BCUT2D eigenvalue weighted by Crippen LogP contribution is -2.24. The molecule has 0 aliphatic carbocycles. The molecule has 0 aromatic rings. The highest BCUT2D eigenvalue weighted by Crippen LogP contribution is 2.25. The highest BCUT2D eigenvalue weighted by molar-refractivity contribution is 9.09. The van der Waals surface area contributed by atoms with E-state index >= 15 is 0 Å². The summed E-state index contributed by atoms with van der Waals surface area (Å²) >= 11 is 3.06. The van der Waals surface area contributed by atoms with Gasteiger partial charge in [-0.1, -0.05) is 43.6 Å². The van der Waals surface area contributed by atoms with E-state index in [-0.39, 0.29) is 16.7 Å². The van der Waals surface area contributed by atoms with Crippen molar-refractivity contribution in [3.63, 3.8) is 0 Å². The highest BCUT2D eigenvalue weighted by atomic mass is 79.9. The van der Waals surface area contributed by atoms with Gasteiger partial charge in [0.25, 0.3) is 0 Å². The van der Waals surface area contributed by atoms with E-state index in [9.17, 15) is 4.79 Å². The molecular formula is C10H19BrO2. The fourth-order valence-corrected chi connectivity index (χ4v) is 1.64.